The molecular weight excluding hydrogens is 675 g/mol. The molecule has 0 saturated heterocycles. The van der Waals surface area contributed by atoms with Gasteiger partial charge in [-0.05, 0) is 81.2 Å². The lowest BCUT2D eigenvalue weighted by Gasteiger charge is -2.15. The normalized spacial score (nSPS) is 11.9. The first-order valence-electron chi connectivity index (χ1n) is 17.1. The predicted octanol–water partition coefficient (Wildman–Crippen LogP) is 8.60. The third kappa shape index (κ3) is 7.52. The summed E-state index contributed by atoms with van der Waals surface area (Å²) in [6.45, 7) is 0. The smallest absolute Gasteiger partial charge is 0.145 e. The third-order valence-corrected chi connectivity index (χ3v) is 9.13. The van der Waals surface area contributed by atoms with Crippen molar-refractivity contribution in [3.05, 3.63) is 180 Å². The van der Waals surface area contributed by atoms with E-state index < -0.39 is 6.10 Å². The molecule has 0 amide bonds. The Morgan fingerprint density at radius 1 is 0.593 bits per heavy atom. The zero-order valence-corrected chi connectivity index (χ0v) is 29.5. The number of nitriles is 2. The van der Waals surface area contributed by atoms with Crippen LogP contribution in [0, 0.1) is 22.7 Å². The van der Waals surface area contributed by atoms with Crippen LogP contribution in [0.3, 0.4) is 0 Å². The van der Waals surface area contributed by atoms with Crippen molar-refractivity contribution >= 4 is 21.5 Å². The standard InChI is InChI=1S/C22H18N4O.C22H17N3O2/c1-26-14-25-13-20(26)22(24)17-6-7-18(12-23)21(11-17)27-19-9-8-15-4-2-3-5-16(15)10-19;1-25-14-24-13-20(25)22(26)17-6-7-18(12-23)21(11-17)27-19-9-8-15-4-2-3-5-16(15)10-19/h2-11,13-14,22H,24H2,1H3;2-11,13-14,22,26H,1H3. The molecule has 10 heteroatoms. The molecule has 2 aromatic heterocycles. The largest absolute Gasteiger partial charge is 0.456 e. The van der Waals surface area contributed by atoms with E-state index in [4.69, 9.17) is 15.2 Å². The fraction of sp³-hybridized carbons (Fsp3) is 0.0909. The summed E-state index contributed by atoms with van der Waals surface area (Å²) in [5.41, 5.74) is 10.3. The molecule has 2 atom stereocenters. The van der Waals surface area contributed by atoms with E-state index >= 15 is 0 Å². The molecule has 0 aliphatic carbocycles. The molecule has 2 heterocycles. The maximum Gasteiger partial charge on any atom is 0.145 e. The zero-order chi connectivity index (χ0) is 37.6. The number of hydrogen-bond donors (Lipinski definition) is 2. The fourth-order valence-electron chi connectivity index (χ4n) is 6.15. The van der Waals surface area contributed by atoms with Crippen LogP contribution in [-0.4, -0.2) is 24.2 Å². The van der Waals surface area contributed by atoms with Crippen molar-refractivity contribution in [1.82, 2.24) is 19.1 Å². The first kappa shape index (κ1) is 35.2. The van der Waals surface area contributed by atoms with Crippen molar-refractivity contribution in [3.8, 4) is 35.1 Å². The summed E-state index contributed by atoms with van der Waals surface area (Å²) in [6, 6.07) is 42.2. The Morgan fingerprint density at radius 3 is 1.54 bits per heavy atom. The van der Waals surface area contributed by atoms with Gasteiger partial charge in [0.25, 0.3) is 0 Å². The SMILES string of the molecule is Cn1cncc1C(N)c1ccc(C#N)c(Oc2ccc3ccccc3c2)c1.Cn1cncc1C(O)c1ccc(C#N)c(Oc2ccc3ccccc3c2)c1. The third-order valence-electron chi connectivity index (χ3n) is 9.13. The van der Waals surface area contributed by atoms with Gasteiger partial charge in [-0.15, -0.1) is 0 Å². The van der Waals surface area contributed by atoms with E-state index in [-0.39, 0.29) is 6.04 Å². The van der Waals surface area contributed by atoms with Crippen LogP contribution >= 0.6 is 0 Å². The Bertz CT molecular complexity index is 2500. The zero-order valence-electron chi connectivity index (χ0n) is 29.5. The van der Waals surface area contributed by atoms with E-state index in [1.54, 1.807) is 53.9 Å². The Morgan fingerprint density at radius 2 is 1.06 bits per heavy atom. The van der Waals surface area contributed by atoms with Gasteiger partial charge < -0.3 is 29.4 Å². The fourth-order valence-corrected chi connectivity index (χ4v) is 6.15. The lowest BCUT2D eigenvalue weighted by molar-refractivity contribution is 0.211. The second-order valence-electron chi connectivity index (χ2n) is 12.7. The number of nitrogens with zero attached hydrogens (tertiary/aromatic N) is 6. The highest BCUT2D eigenvalue weighted by molar-refractivity contribution is 5.84. The van der Waals surface area contributed by atoms with Crippen LogP contribution in [0.25, 0.3) is 21.5 Å². The van der Waals surface area contributed by atoms with E-state index in [1.807, 2.05) is 116 Å². The van der Waals surface area contributed by atoms with Crippen molar-refractivity contribution in [2.24, 2.45) is 19.8 Å². The summed E-state index contributed by atoms with van der Waals surface area (Å²) in [7, 11) is 3.72. The molecule has 0 radical (unpaired) electrons. The van der Waals surface area contributed by atoms with E-state index in [1.165, 1.54) is 0 Å². The monoisotopic (exact) mass is 709 g/mol. The van der Waals surface area contributed by atoms with Gasteiger partial charge in [0.1, 0.15) is 41.2 Å². The molecule has 3 N–H and O–H groups in total. The summed E-state index contributed by atoms with van der Waals surface area (Å²) in [5, 5.41) is 33.9. The van der Waals surface area contributed by atoms with Gasteiger partial charge in [-0.2, -0.15) is 10.5 Å². The number of imidazole rings is 2. The van der Waals surface area contributed by atoms with Crippen molar-refractivity contribution in [2.45, 2.75) is 12.1 Å². The Kier molecular flexibility index (Phi) is 10.1. The Balaban J connectivity index is 0.000000167. The molecule has 6 aromatic carbocycles. The van der Waals surface area contributed by atoms with Gasteiger partial charge >= 0.3 is 0 Å². The maximum absolute atomic E-state index is 10.7. The topological polar surface area (TPSA) is 148 Å². The molecule has 0 spiro atoms. The lowest BCUT2D eigenvalue weighted by Crippen LogP contribution is -2.15. The highest BCUT2D eigenvalue weighted by atomic mass is 16.5. The van der Waals surface area contributed by atoms with Gasteiger partial charge in [0.15, 0.2) is 0 Å². The predicted molar refractivity (Wildman–Crippen MR) is 207 cm³/mol. The van der Waals surface area contributed by atoms with Gasteiger partial charge in [0.2, 0.25) is 0 Å². The molecule has 2 unspecified atom stereocenters. The highest BCUT2D eigenvalue weighted by Gasteiger charge is 2.18. The Labute approximate surface area is 312 Å². The average Bonchev–Trinajstić information content (AvgIpc) is 3.84. The maximum atomic E-state index is 10.7. The molecule has 0 fully saturated rings. The van der Waals surface area contributed by atoms with Gasteiger partial charge in [-0.3, -0.25) is 0 Å². The minimum Gasteiger partial charge on any atom is -0.456 e. The van der Waals surface area contributed by atoms with Crippen molar-refractivity contribution < 1.29 is 14.6 Å². The molecule has 54 heavy (non-hydrogen) atoms. The number of benzene rings is 6. The molecule has 0 saturated carbocycles. The van der Waals surface area contributed by atoms with Crippen LogP contribution in [0.2, 0.25) is 0 Å². The van der Waals surface area contributed by atoms with Crippen LogP contribution < -0.4 is 15.2 Å². The summed E-state index contributed by atoms with van der Waals surface area (Å²) in [4.78, 5) is 8.16. The average molecular weight is 710 g/mol. The van der Waals surface area contributed by atoms with Crippen LogP contribution in [0.4, 0.5) is 0 Å². The second-order valence-corrected chi connectivity index (χ2v) is 12.7. The minimum absolute atomic E-state index is 0.357. The summed E-state index contributed by atoms with van der Waals surface area (Å²) in [6.07, 6.45) is 5.85. The van der Waals surface area contributed by atoms with Crippen molar-refractivity contribution in [1.29, 1.82) is 10.5 Å². The molecule has 8 aromatic rings. The van der Waals surface area contributed by atoms with Crippen LogP contribution in [-0.2, 0) is 14.1 Å². The molecule has 264 valence electrons. The quantitative estimate of drug-likeness (QED) is 0.159. The molecule has 8 rings (SSSR count). The number of aliphatic hydroxyl groups excluding tert-OH is 1. The molecule has 0 bridgehead atoms. The molecule has 0 aliphatic heterocycles. The van der Waals surface area contributed by atoms with Crippen molar-refractivity contribution in [2.75, 3.05) is 0 Å². The van der Waals surface area contributed by atoms with E-state index in [9.17, 15) is 15.6 Å². The van der Waals surface area contributed by atoms with Gasteiger partial charge in [0.05, 0.1) is 53.6 Å². The second kappa shape index (κ2) is 15.6. The lowest BCUT2D eigenvalue weighted by atomic mass is 10.0. The van der Waals surface area contributed by atoms with E-state index in [0.29, 0.717) is 45.4 Å². The highest BCUT2D eigenvalue weighted by Crippen LogP contribution is 2.33. The van der Waals surface area contributed by atoms with Gasteiger partial charge in [-0.1, -0.05) is 72.8 Å². The summed E-state index contributed by atoms with van der Waals surface area (Å²) in [5.74, 6) is 2.21. The van der Waals surface area contributed by atoms with Gasteiger partial charge in [-0.25, -0.2) is 9.97 Å². The van der Waals surface area contributed by atoms with Crippen LogP contribution in [0.5, 0.6) is 23.0 Å². The van der Waals surface area contributed by atoms with Crippen molar-refractivity contribution in [3.63, 3.8) is 0 Å². The van der Waals surface area contributed by atoms with E-state index in [2.05, 4.69) is 22.1 Å². The first-order valence-corrected chi connectivity index (χ1v) is 17.1. The Hall–Kier alpha value is -7.24. The molecular formula is C44H35N7O3. The van der Waals surface area contributed by atoms with Gasteiger partial charge in [0, 0.05) is 14.1 Å². The number of hydrogen-bond acceptors (Lipinski definition) is 8. The molecule has 0 aliphatic rings. The number of rotatable bonds is 8. The number of ether oxygens (including phenoxy) is 2. The van der Waals surface area contributed by atoms with E-state index in [0.717, 1.165) is 32.8 Å². The molecule has 10 nitrogen and oxygen atoms in total. The van der Waals surface area contributed by atoms with Crippen LogP contribution in [0.15, 0.2) is 146 Å². The number of nitrogens with two attached hydrogens (primary N) is 1. The van der Waals surface area contributed by atoms with Crippen LogP contribution in [0.1, 0.15) is 45.8 Å². The number of aliphatic hydroxyl groups is 1. The first-order chi connectivity index (χ1) is 26.3. The number of aromatic nitrogens is 4. The number of fused-ring (bicyclic) bond motifs is 2. The minimum atomic E-state index is -0.857. The summed E-state index contributed by atoms with van der Waals surface area (Å²) >= 11 is 0. The number of aryl methyl sites for hydroxylation is 2. The summed E-state index contributed by atoms with van der Waals surface area (Å²) < 4.78 is 15.7.